The number of anilines is 1. The average molecular weight is 205 g/mol. The van der Waals surface area contributed by atoms with Gasteiger partial charge in [-0.05, 0) is 18.6 Å². The lowest BCUT2D eigenvalue weighted by molar-refractivity contribution is -0.156. The molecular formula is C11H11NO3. The molecule has 0 atom stereocenters. The van der Waals surface area contributed by atoms with E-state index in [0.717, 1.165) is 11.3 Å². The Morgan fingerprint density at radius 1 is 1.27 bits per heavy atom. The molecule has 0 unspecified atom stereocenters. The Morgan fingerprint density at radius 3 is 2.73 bits per heavy atom. The molecule has 1 heterocycles. The van der Waals surface area contributed by atoms with Crippen molar-refractivity contribution in [3.8, 4) is 0 Å². The number of amides is 1. The van der Waals surface area contributed by atoms with Crippen LogP contribution in [-0.4, -0.2) is 25.0 Å². The molecule has 1 aromatic carbocycles. The van der Waals surface area contributed by atoms with Gasteiger partial charge in [0.15, 0.2) is 0 Å². The van der Waals surface area contributed by atoms with E-state index in [0.29, 0.717) is 6.54 Å². The van der Waals surface area contributed by atoms with Crippen LogP contribution in [0.1, 0.15) is 5.56 Å². The third-order valence-corrected chi connectivity index (χ3v) is 2.37. The third kappa shape index (κ3) is 1.70. The molecule has 1 aliphatic rings. The van der Waals surface area contributed by atoms with Crippen LogP contribution < -0.4 is 4.90 Å². The molecule has 0 aliphatic carbocycles. The Morgan fingerprint density at radius 2 is 2.00 bits per heavy atom. The van der Waals surface area contributed by atoms with Gasteiger partial charge in [-0.3, -0.25) is 9.69 Å². The van der Waals surface area contributed by atoms with Crippen LogP contribution in [0.3, 0.4) is 0 Å². The number of esters is 1. The summed E-state index contributed by atoms with van der Waals surface area (Å²) in [5.41, 5.74) is 1.75. The molecular weight excluding hydrogens is 194 g/mol. The largest absolute Gasteiger partial charge is 0.457 e. The number of morpholine rings is 1. The molecule has 2 rings (SSSR count). The predicted octanol–water partition coefficient (Wildman–Crippen LogP) is 0.885. The molecule has 1 fully saturated rings. The van der Waals surface area contributed by atoms with Crippen LogP contribution >= 0.6 is 0 Å². The fourth-order valence-electron chi connectivity index (χ4n) is 1.60. The van der Waals surface area contributed by atoms with Crippen molar-refractivity contribution < 1.29 is 14.3 Å². The van der Waals surface area contributed by atoms with E-state index in [1.807, 2.05) is 31.2 Å². The van der Waals surface area contributed by atoms with Crippen molar-refractivity contribution in [2.24, 2.45) is 0 Å². The van der Waals surface area contributed by atoms with E-state index < -0.39 is 11.9 Å². The van der Waals surface area contributed by atoms with Gasteiger partial charge in [0.25, 0.3) is 0 Å². The maximum atomic E-state index is 11.5. The van der Waals surface area contributed by atoms with Crippen molar-refractivity contribution in [1.82, 2.24) is 0 Å². The van der Waals surface area contributed by atoms with Gasteiger partial charge >= 0.3 is 11.9 Å². The minimum Gasteiger partial charge on any atom is -0.457 e. The monoisotopic (exact) mass is 205 g/mol. The number of rotatable bonds is 1. The Kier molecular flexibility index (Phi) is 2.41. The molecule has 1 amide bonds. The van der Waals surface area contributed by atoms with Crippen molar-refractivity contribution in [3.05, 3.63) is 29.8 Å². The lowest BCUT2D eigenvalue weighted by Crippen LogP contribution is -2.45. The van der Waals surface area contributed by atoms with Crippen LogP contribution in [0, 0.1) is 6.92 Å². The maximum Gasteiger partial charge on any atom is 0.397 e. The molecule has 0 aromatic heterocycles. The number of carbonyl (C=O) groups excluding carboxylic acids is 2. The summed E-state index contributed by atoms with van der Waals surface area (Å²) in [4.78, 5) is 24.1. The van der Waals surface area contributed by atoms with Gasteiger partial charge < -0.3 is 4.74 Å². The summed E-state index contributed by atoms with van der Waals surface area (Å²) in [6.45, 7) is 2.59. The smallest absolute Gasteiger partial charge is 0.397 e. The fraction of sp³-hybridized carbons (Fsp3) is 0.273. The Hall–Kier alpha value is -1.84. The van der Waals surface area contributed by atoms with Crippen molar-refractivity contribution in [3.63, 3.8) is 0 Å². The lowest BCUT2D eigenvalue weighted by atomic mass is 10.1. The van der Waals surface area contributed by atoms with Crippen molar-refractivity contribution in [1.29, 1.82) is 0 Å². The number of para-hydroxylation sites is 1. The highest BCUT2D eigenvalue weighted by Gasteiger charge is 2.29. The molecule has 4 heteroatoms. The first-order chi connectivity index (χ1) is 7.20. The van der Waals surface area contributed by atoms with E-state index in [2.05, 4.69) is 4.74 Å². The highest BCUT2D eigenvalue weighted by molar-refractivity contribution is 6.38. The zero-order valence-corrected chi connectivity index (χ0v) is 8.40. The first-order valence-corrected chi connectivity index (χ1v) is 4.74. The Balaban J connectivity index is 2.34. The zero-order chi connectivity index (χ0) is 10.8. The number of hydrogen-bond acceptors (Lipinski definition) is 3. The Bertz CT molecular complexity index is 414. The van der Waals surface area contributed by atoms with E-state index >= 15 is 0 Å². The molecule has 78 valence electrons. The number of nitrogens with zero attached hydrogens (tertiary/aromatic N) is 1. The van der Waals surface area contributed by atoms with Crippen molar-refractivity contribution in [2.75, 3.05) is 18.1 Å². The molecule has 4 nitrogen and oxygen atoms in total. The van der Waals surface area contributed by atoms with Crippen molar-refractivity contribution >= 4 is 17.6 Å². The summed E-state index contributed by atoms with van der Waals surface area (Å²) in [7, 11) is 0. The van der Waals surface area contributed by atoms with E-state index in [1.54, 1.807) is 0 Å². The average Bonchev–Trinajstić information content (AvgIpc) is 2.23. The molecule has 0 saturated carbocycles. The number of ether oxygens (including phenoxy) is 1. The highest BCUT2D eigenvalue weighted by Crippen LogP contribution is 2.20. The van der Waals surface area contributed by atoms with Gasteiger partial charge in [-0.2, -0.15) is 0 Å². The molecule has 1 aromatic rings. The van der Waals surface area contributed by atoms with Gasteiger partial charge in [-0.1, -0.05) is 18.2 Å². The fourth-order valence-corrected chi connectivity index (χ4v) is 1.60. The van der Waals surface area contributed by atoms with Gasteiger partial charge in [0.2, 0.25) is 0 Å². The number of hydrogen-bond donors (Lipinski definition) is 0. The summed E-state index contributed by atoms with van der Waals surface area (Å²) in [5, 5.41) is 0. The first kappa shape index (κ1) is 9.71. The minimum absolute atomic E-state index is 0.263. The second-order valence-electron chi connectivity index (χ2n) is 3.38. The summed E-state index contributed by atoms with van der Waals surface area (Å²) in [5.74, 6) is -1.36. The van der Waals surface area contributed by atoms with Gasteiger partial charge in [-0.25, -0.2) is 4.79 Å². The van der Waals surface area contributed by atoms with Gasteiger partial charge in [-0.15, -0.1) is 0 Å². The van der Waals surface area contributed by atoms with Crippen LogP contribution in [0.4, 0.5) is 5.69 Å². The van der Waals surface area contributed by atoms with Crippen molar-refractivity contribution in [2.45, 2.75) is 6.92 Å². The summed E-state index contributed by atoms with van der Waals surface area (Å²) < 4.78 is 4.65. The second kappa shape index (κ2) is 3.73. The topological polar surface area (TPSA) is 46.6 Å². The van der Waals surface area contributed by atoms with Gasteiger partial charge in [0.1, 0.15) is 6.61 Å². The zero-order valence-electron chi connectivity index (χ0n) is 8.40. The van der Waals surface area contributed by atoms with Gasteiger partial charge in [0, 0.05) is 5.69 Å². The third-order valence-electron chi connectivity index (χ3n) is 2.37. The molecule has 0 bridgehead atoms. The molecule has 0 radical (unpaired) electrons. The normalized spacial score (nSPS) is 16.5. The predicted molar refractivity (Wildman–Crippen MR) is 54.5 cm³/mol. The van der Waals surface area contributed by atoms with Crippen LogP contribution in [0.2, 0.25) is 0 Å². The minimum atomic E-state index is -0.774. The van der Waals surface area contributed by atoms with Crippen LogP contribution in [-0.2, 0) is 14.3 Å². The summed E-state index contributed by atoms with van der Waals surface area (Å²) in [6, 6.07) is 7.47. The van der Waals surface area contributed by atoms with E-state index in [-0.39, 0.29) is 6.61 Å². The summed E-state index contributed by atoms with van der Waals surface area (Å²) >= 11 is 0. The first-order valence-electron chi connectivity index (χ1n) is 4.74. The highest BCUT2D eigenvalue weighted by atomic mass is 16.5. The Labute approximate surface area is 87.4 Å². The summed E-state index contributed by atoms with van der Waals surface area (Å²) in [6.07, 6.45) is 0. The molecule has 0 N–H and O–H groups in total. The number of cyclic esters (lactones) is 1. The molecule has 1 saturated heterocycles. The molecule has 1 aliphatic heterocycles. The number of carbonyl (C=O) groups is 2. The van der Waals surface area contributed by atoms with Crippen LogP contribution in [0.15, 0.2) is 24.3 Å². The van der Waals surface area contributed by atoms with E-state index in [9.17, 15) is 9.59 Å². The molecule has 0 spiro atoms. The quantitative estimate of drug-likeness (QED) is 0.505. The van der Waals surface area contributed by atoms with E-state index in [1.165, 1.54) is 4.90 Å². The standard InChI is InChI=1S/C11H11NO3/c1-8-4-2-3-5-9(8)12-6-7-15-11(14)10(12)13/h2-5H,6-7H2,1H3. The molecule has 15 heavy (non-hydrogen) atoms. The van der Waals surface area contributed by atoms with Gasteiger partial charge in [0.05, 0.1) is 6.54 Å². The maximum absolute atomic E-state index is 11.5. The SMILES string of the molecule is Cc1ccccc1N1CCOC(=O)C1=O. The van der Waals surface area contributed by atoms with Crippen LogP contribution in [0.5, 0.6) is 0 Å². The number of benzene rings is 1. The number of aryl methyl sites for hydroxylation is 1. The van der Waals surface area contributed by atoms with E-state index in [4.69, 9.17) is 0 Å². The van der Waals surface area contributed by atoms with Crippen LogP contribution in [0.25, 0.3) is 0 Å². The second-order valence-corrected chi connectivity index (χ2v) is 3.38. The lowest BCUT2D eigenvalue weighted by Gasteiger charge is -2.26.